The molecule has 0 aromatic heterocycles. The van der Waals surface area contributed by atoms with Crippen molar-refractivity contribution < 1.29 is 13.2 Å². The van der Waals surface area contributed by atoms with Gasteiger partial charge in [0.25, 0.3) is 0 Å². The van der Waals surface area contributed by atoms with Crippen molar-refractivity contribution in [2.75, 3.05) is 13.1 Å². The summed E-state index contributed by atoms with van der Waals surface area (Å²) < 4.78 is 38.9. The van der Waals surface area contributed by atoms with E-state index in [0.717, 1.165) is 38.8 Å². The normalized spacial score (nSPS) is 35.2. The third kappa shape index (κ3) is 3.85. The van der Waals surface area contributed by atoms with Gasteiger partial charge in [-0.1, -0.05) is 12.8 Å². The van der Waals surface area contributed by atoms with Crippen molar-refractivity contribution in [1.29, 1.82) is 0 Å². The molecule has 18 heavy (non-hydrogen) atoms. The van der Waals surface area contributed by atoms with Crippen LogP contribution in [0.5, 0.6) is 0 Å². The third-order valence-electron chi connectivity index (χ3n) is 4.21. The van der Waals surface area contributed by atoms with Crippen LogP contribution in [0.15, 0.2) is 0 Å². The summed E-state index contributed by atoms with van der Waals surface area (Å²) in [5.41, 5.74) is 0. The first-order valence-corrected chi connectivity index (χ1v) is 7.11. The van der Waals surface area contributed by atoms with E-state index >= 15 is 0 Å². The van der Waals surface area contributed by atoms with Gasteiger partial charge in [-0.15, -0.1) is 0 Å². The summed E-state index contributed by atoms with van der Waals surface area (Å²) in [5, 5.41) is 6.59. The Hall–Kier alpha value is -0.290. The molecule has 3 atom stereocenters. The van der Waals surface area contributed by atoms with E-state index < -0.39 is 12.1 Å². The van der Waals surface area contributed by atoms with Gasteiger partial charge in [0.15, 0.2) is 0 Å². The van der Waals surface area contributed by atoms with E-state index in [2.05, 4.69) is 10.6 Å². The summed E-state index contributed by atoms with van der Waals surface area (Å²) in [6, 6.07) is -0.102. The lowest BCUT2D eigenvalue weighted by Crippen LogP contribution is -2.49. The molecule has 1 heterocycles. The maximum Gasteiger partial charge on any atom is 0.393 e. The van der Waals surface area contributed by atoms with Crippen LogP contribution in [0.4, 0.5) is 13.2 Å². The summed E-state index contributed by atoms with van der Waals surface area (Å²) in [6.45, 7) is 1.91. The Bertz CT molecular complexity index is 247. The zero-order chi connectivity index (χ0) is 13.0. The molecule has 0 amide bonds. The lowest BCUT2D eigenvalue weighted by molar-refractivity contribution is -0.189. The largest absolute Gasteiger partial charge is 0.393 e. The van der Waals surface area contributed by atoms with Crippen molar-refractivity contribution >= 4 is 0 Å². The Balaban J connectivity index is 1.92. The highest BCUT2D eigenvalue weighted by molar-refractivity contribution is 4.88. The zero-order valence-electron chi connectivity index (χ0n) is 10.7. The van der Waals surface area contributed by atoms with Gasteiger partial charge >= 0.3 is 6.18 Å². The van der Waals surface area contributed by atoms with E-state index in [1.54, 1.807) is 0 Å². The van der Waals surface area contributed by atoms with Gasteiger partial charge in [0.05, 0.1) is 5.92 Å². The van der Waals surface area contributed by atoms with Gasteiger partial charge in [-0.25, -0.2) is 0 Å². The molecule has 0 radical (unpaired) electrons. The van der Waals surface area contributed by atoms with E-state index in [9.17, 15) is 13.2 Å². The van der Waals surface area contributed by atoms with E-state index in [1.807, 2.05) is 0 Å². The highest BCUT2D eigenvalue weighted by atomic mass is 19.4. The maximum atomic E-state index is 13.0. The highest BCUT2D eigenvalue weighted by Gasteiger charge is 2.45. The fourth-order valence-electron chi connectivity index (χ4n) is 3.21. The first-order valence-electron chi connectivity index (χ1n) is 7.11. The van der Waals surface area contributed by atoms with Crippen LogP contribution < -0.4 is 10.6 Å². The number of alkyl halides is 3. The summed E-state index contributed by atoms with van der Waals surface area (Å²) in [5.74, 6) is -1.14. The maximum absolute atomic E-state index is 13.0. The molecule has 2 fully saturated rings. The molecule has 1 saturated heterocycles. The second-order valence-corrected chi connectivity index (χ2v) is 5.58. The van der Waals surface area contributed by atoms with Crippen molar-refractivity contribution in [3.05, 3.63) is 0 Å². The molecule has 1 aliphatic carbocycles. The third-order valence-corrected chi connectivity index (χ3v) is 4.21. The van der Waals surface area contributed by atoms with Crippen LogP contribution >= 0.6 is 0 Å². The number of hydrogen-bond donors (Lipinski definition) is 2. The molecule has 0 aromatic carbocycles. The van der Waals surface area contributed by atoms with Crippen molar-refractivity contribution in [1.82, 2.24) is 10.6 Å². The van der Waals surface area contributed by atoms with Crippen molar-refractivity contribution in [2.45, 2.75) is 63.2 Å². The van der Waals surface area contributed by atoms with Gasteiger partial charge in [-0.2, -0.15) is 13.2 Å². The van der Waals surface area contributed by atoms with Crippen molar-refractivity contribution in [3.8, 4) is 0 Å². The average molecular weight is 264 g/mol. The van der Waals surface area contributed by atoms with Gasteiger partial charge in [0.1, 0.15) is 0 Å². The molecule has 1 saturated carbocycles. The minimum absolute atomic E-state index is 0.257. The number of rotatable bonds is 2. The average Bonchev–Trinajstić information content (AvgIpc) is 2.57. The van der Waals surface area contributed by atoms with Gasteiger partial charge in [-0.05, 0) is 45.2 Å². The van der Waals surface area contributed by atoms with Crippen LogP contribution in [-0.2, 0) is 0 Å². The summed E-state index contributed by atoms with van der Waals surface area (Å²) in [7, 11) is 0. The second-order valence-electron chi connectivity index (χ2n) is 5.58. The van der Waals surface area contributed by atoms with E-state index in [4.69, 9.17) is 0 Å². The number of hydrogen-bond acceptors (Lipinski definition) is 2. The molecule has 106 valence electrons. The molecule has 5 heteroatoms. The SMILES string of the molecule is FC(F)(F)C1CCCCC1NC1CCCNCC1. The predicted octanol–water partition coefficient (Wildman–Crippen LogP) is 2.84. The fraction of sp³-hybridized carbons (Fsp3) is 1.00. The van der Waals surface area contributed by atoms with Crippen LogP contribution in [0.3, 0.4) is 0 Å². The first-order chi connectivity index (χ1) is 8.57. The molecule has 2 aliphatic rings. The lowest BCUT2D eigenvalue weighted by Gasteiger charge is -2.36. The quantitative estimate of drug-likeness (QED) is 0.801. The Morgan fingerprint density at radius 2 is 1.67 bits per heavy atom. The summed E-state index contributed by atoms with van der Waals surface area (Å²) in [4.78, 5) is 0. The van der Waals surface area contributed by atoms with Crippen molar-refractivity contribution in [2.24, 2.45) is 5.92 Å². The smallest absolute Gasteiger partial charge is 0.317 e. The van der Waals surface area contributed by atoms with Crippen LogP contribution in [0.1, 0.15) is 44.9 Å². The molecule has 0 aromatic rings. The standard InChI is InChI=1S/C13H23F3N2/c14-13(15,16)11-5-1-2-6-12(11)18-10-4-3-8-17-9-7-10/h10-12,17-18H,1-9H2. The Kier molecular flexibility index (Phi) is 4.90. The molecule has 2 rings (SSSR count). The fourth-order valence-corrected chi connectivity index (χ4v) is 3.21. The zero-order valence-corrected chi connectivity index (χ0v) is 10.7. The van der Waals surface area contributed by atoms with E-state index in [0.29, 0.717) is 19.3 Å². The molecule has 2 N–H and O–H groups in total. The van der Waals surface area contributed by atoms with Gasteiger partial charge in [-0.3, -0.25) is 0 Å². The Morgan fingerprint density at radius 3 is 2.44 bits per heavy atom. The number of nitrogens with one attached hydrogen (secondary N) is 2. The van der Waals surface area contributed by atoms with Gasteiger partial charge < -0.3 is 10.6 Å². The van der Waals surface area contributed by atoms with E-state index in [-0.39, 0.29) is 12.1 Å². The minimum atomic E-state index is -4.04. The van der Waals surface area contributed by atoms with Crippen LogP contribution in [0.25, 0.3) is 0 Å². The predicted molar refractivity (Wildman–Crippen MR) is 65.4 cm³/mol. The molecule has 0 spiro atoms. The number of halogens is 3. The molecular formula is C13H23F3N2. The molecule has 3 unspecified atom stereocenters. The summed E-state index contributed by atoms with van der Waals surface area (Å²) >= 11 is 0. The highest BCUT2D eigenvalue weighted by Crippen LogP contribution is 2.38. The van der Waals surface area contributed by atoms with Crippen LogP contribution in [0, 0.1) is 5.92 Å². The molecule has 0 bridgehead atoms. The van der Waals surface area contributed by atoms with E-state index in [1.165, 1.54) is 0 Å². The van der Waals surface area contributed by atoms with Gasteiger partial charge in [0.2, 0.25) is 0 Å². The first kappa shape index (κ1) is 14.1. The molecular weight excluding hydrogens is 241 g/mol. The van der Waals surface area contributed by atoms with Crippen LogP contribution in [-0.4, -0.2) is 31.3 Å². The lowest BCUT2D eigenvalue weighted by atomic mass is 9.83. The second kappa shape index (κ2) is 6.24. The summed E-state index contributed by atoms with van der Waals surface area (Å²) in [6.07, 6.45) is 1.57. The Morgan fingerprint density at radius 1 is 0.889 bits per heavy atom. The van der Waals surface area contributed by atoms with Crippen molar-refractivity contribution in [3.63, 3.8) is 0 Å². The monoisotopic (exact) mass is 264 g/mol. The molecule has 2 nitrogen and oxygen atoms in total. The Labute approximate surface area is 107 Å². The minimum Gasteiger partial charge on any atom is -0.317 e. The van der Waals surface area contributed by atoms with Crippen LogP contribution in [0.2, 0.25) is 0 Å². The van der Waals surface area contributed by atoms with Gasteiger partial charge in [0, 0.05) is 12.1 Å². The molecule has 1 aliphatic heterocycles. The topological polar surface area (TPSA) is 24.1 Å².